The van der Waals surface area contributed by atoms with E-state index in [0.29, 0.717) is 18.3 Å². The number of hydrogen-bond acceptors (Lipinski definition) is 4. The number of ether oxygens (including phenoxy) is 1. The largest absolute Gasteiger partial charge is 0.481 e. The molecule has 1 aliphatic rings. The molecule has 0 spiro atoms. The van der Waals surface area contributed by atoms with Crippen LogP contribution in [0, 0.1) is 0 Å². The first-order valence-electron chi connectivity index (χ1n) is 10.2. The highest BCUT2D eigenvalue weighted by molar-refractivity contribution is 5.80. The standard InChI is InChI=1S/C23H26N4O2/c1-17(29-20-11-3-2-4-12-20)23(28)25-16-18-15-22(21-13-7-8-14-24-21)27(26-18)19-9-5-6-10-19/h2-4,7-8,11-15,17,19H,5-6,9-10,16H2,1H3,(H,25,28). The van der Waals surface area contributed by atoms with E-state index in [1.54, 1.807) is 13.1 Å². The quantitative estimate of drug-likeness (QED) is 0.658. The number of nitrogens with one attached hydrogen (secondary N) is 1. The molecule has 0 bridgehead atoms. The van der Waals surface area contributed by atoms with Gasteiger partial charge in [-0.15, -0.1) is 0 Å². The van der Waals surface area contributed by atoms with Gasteiger partial charge in [-0.3, -0.25) is 14.5 Å². The van der Waals surface area contributed by atoms with E-state index in [1.807, 2.05) is 54.6 Å². The van der Waals surface area contributed by atoms with E-state index in [2.05, 4.69) is 15.0 Å². The fourth-order valence-electron chi connectivity index (χ4n) is 3.74. The minimum atomic E-state index is -0.579. The molecule has 1 amide bonds. The summed E-state index contributed by atoms with van der Waals surface area (Å²) < 4.78 is 7.79. The Kier molecular flexibility index (Phi) is 5.89. The van der Waals surface area contributed by atoms with Crippen molar-refractivity contribution in [2.75, 3.05) is 0 Å². The molecule has 1 N–H and O–H groups in total. The fourth-order valence-corrected chi connectivity index (χ4v) is 3.74. The highest BCUT2D eigenvalue weighted by Crippen LogP contribution is 2.33. The van der Waals surface area contributed by atoms with Crippen LogP contribution in [-0.2, 0) is 11.3 Å². The third-order valence-corrected chi connectivity index (χ3v) is 5.25. The summed E-state index contributed by atoms with van der Waals surface area (Å²) in [5.74, 6) is 0.516. The van der Waals surface area contributed by atoms with Gasteiger partial charge in [-0.2, -0.15) is 5.10 Å². The number of para-hydroxylation sites is 1. The predicted molar refractivity (Wildman–Crippen MR) is 111 cm³/mol. The van der Waals surface area contributed by atoms with E-state index in [9.17, 15) is 4.79 Å². The maximum Gasteiger partial charge on any atom is 0.261 e. The molecule has 0 radical (unpaired) electrons. The van der Waals surface area contributed by atoms with Crippen molar-refractivity contribution in [1.82, 2.24) is 20.1 Å². The molecule has 29 heavy (non-hydrogen) atoms. The minimum Gasteiger partial charge on any atom is -0.481 e. The number of carbonyl (C=O) groups is 1. The van der Waals surface area contributed by atoms with Crippen LogP contribution >= 0.6 is 0 Å². The van der Waals surface area contributed by atoms with Gasteiger partial charge in [0.25, 0.3) is 5.91 Å². The number of carbonyl (C=O) groups excluding carboxylic acids is 1. The number of aromatic nitrogens is 3. The van der Waals surface area contributed by atoms with Gasteiger partial charge in [0.05, 0.1) is 29.7 Å². The molecule has 6 nitrogen and oxygen atoms in total. The van der Waals surface area contributed by atoms with Gasteiger partial charge >= 0.3 is 0 Å². The average Bonchev–Trinajstić information content (AvgIpc) is 3.43. The number of benzene rings is 1. The highest BCUT2D eigenvalue weighted by atomic mass is 16.5. The topological polar surface area (TPSA) is 69.0 Å². The number of rotatable bonds is 7. The van der Waals surface area contributed by atoms with Gasteiger partial charge in [-0.25, -0.2) is 0 Å². The van der Waals surface area contributed by atoms with Gasteiger partial charge in [0.2, 0.25) is 0 Å². The molecule has 1 aliphatic carbocycles. The van der Waals surface area contributed by atoms with Gasteiger partial charge in [-0.1, -0.05) is 37.1 Å². The molecule has 0 saturated heterocycles. The molecule has 4 rings (SSSR count). The zero-order valence-corrected chi connectivity index (χ0v) is 16.6. The predicted octanol–water partition coefficient (Wildman–Crippen LogP) is 4.14. The van der Waals surface area contributed by atoms with E-state index >= 15 is 0 Å². The van der Waals surface area contributed by atoms with Crippen molar-refractivity contribution in [2.24, 2.45) is 0 Å². The number of pyridine rings is 1. The van der Waals surface area contributed by atoms with E-state index in [0.717, 1.165) is 29.9 Å². The van der Waals surface area contributed by atoms with Gasteiger partial charge < -0.3 is 10.1 Å². The zero-order chi connectivity index (χ0) is 20.1. The number of nitrogens with zero attached hydrogens (tertiary/aromatic N) is 3. The molecule has 1 aromatic carbocycles. The Bertz CT molecular complexity index is 934. The van der Waals surface area contributed by atoms with Crippen LogP contribution in [0.15, 0.2) is 60.8 Å². The third kappa shape index (κ3) is 4.65. The Labute approximate surface area is 170 Å². The van der Waals surface area contributed by atoms with E-state index in [4.69, 9.17) is 9.84 Å². The lowest BCUT2D eigenvalue weighted by atomic mass is 10.2. The molecule has 2 aromatic heterocycles. The normalized spacial score (nSPS) is 15.2. The lowest BCUT2D eigenvalue weighted by molar-refractivity contribution is -0.127. The minimum absolute atomic E-state index is 0.163. The van der Waals surface area contributed by atoms with Crippen LogP contribution in [0.5, 0.6) is 5.75 Å². The van der Waals surface area contributed by atoms with Crippen LogP contribution in [0.1, 0.15) is 44.3 Å². The summed E-state index contributed by atoms with van der Waals surface area (Å²) in [6.07, 6.45) is 5.94. The molecule has 1 atom stereocenters. The molecule has 6 heteroatoms. The second-order valence-electron chi connectivity index (χ2n) is 7.41. The third-order valence-electron chi connectivity index (χ3n) is 5.25. The van der Waals surface area contributed by atoms with Gasteiger partial charge in [0, 0.05) is 6.20 Å². The van der Waals surface area contributed by atoms with Crippen LogP contribution in [0.2, 0.25) is 0 Å². The lowest BCUT2D eigenvalue weighted by Crippen LogP contribution is -2.36. The van der Waals surface area contributed by atoms with Crippen molar-refractivity contribution in [1.29, 1.82) is 0 Å². The van der Waals surface area contributed by atoms with Crippen LogP contribution in [0.4, 0.5) is 0 Å². The number of amides is 1. The summed E-state index contributed by atoms with van der Waals surface area (Å²) in [6, 6.07) is 17.7. The molecule has 3 aromatic rings. The van der Waals surface area contributed by atoms with E-state index < -0.39 is 6.10 Å². The second kappa shape index (κ2) is 8.90. The van der Waals surface area contributed by atoms with Gasteiger partial charge in [-0.05, 0) is 50.1 Å². The van der Waals surface area contributed by atoms with E-state index in [1.165, 1.54) is 12.8 Å². The smallest absolute Gasteiger partial charge is 0.261 e. The lowest BCUT2D eigenvalue weighted by Gasteiger charge is -2.14. The first-order valence-corrected chi connectivity index (χ1v) is 10.2. The van der Waals surface area contributed by atoms with E-state index in [-0.39, 0.29) is 5.91 Å². The highest BCUT2D eigenvalue weighted by Gasteiger charge is 2.23. The van der Waals surface area contributed by atoms with Crippen molar-refractivity contribution in [3.8, 4) is 17.1 Å². The van der Waals surface area contributed by atoms with Crippen molar-refractivity contribution in [2.45, 2.75) is 51.3 Å². The van der Waals surface area contributed by atoms with Gasteiger partial charge in [0.1, 0.15) is 5.75 Å². The molecule has 2 heterocycles. The summed E-state index contributed by atoms with van der Waals surface area (Å²) in [7, 11) is 0. The van der Waals surface area contributed by atoms with Crippen molar-refractivity contribution in [3.05, 3.63) is 66.5 Å². The summed E-state index contributed by atoms with van der Waals surface area (Å²) >= 11 is 0. The molecule has 0 aliphatic heterocycles. The van der Waals surface area contributed by atoms with Gasteiger partial charge in [0.15, 0.2) is 6.10 Å². The van der Waals surface area contributed by atoms with Crippen molar-refractivity contribution in [3.63, 3.8) is 0 Å². The molecule has 1 unspecified atom stereocenters. The first kappa shape index (κ1) is 19.2. The molecule has 1 fully saturated rings. The monoisotopic (exact) mass is 390 g/mol. The Morgan fingerprint density at radius 1 is 1.17 bits per heavy atom. The second-order valence-corrected chi connectivity index (χ2v) is 7.41. The maximum atomic E-state index is 12.5. The number of hydrogen-bond donors (Lipinski definition) is 1. The maximum absolute atomic E-state index is 12.5. The van der Waals surface area contributed by atoms with Crippen molar-refractivity contribution >= 4 is 5.91 Å². The Morgan fingerprint density at radius 3 is 2.66 bits per heavy atom. The molecular weight excluding hydrogens is 364 g/mol. The van der Waals surface area contributed by atoms with Crippen molar-refractivity contribution < 1.29 is 9.53 Å². The summed E-state index contributed by atoms with van der Waals surface area (Å²) in [5, 5.41) is 7.75. The molecule has 150 valence electrons. The van der Waals surface area contributed by atoms with Crippen LogP contribution < -0.4 is 10.1 Å². The Balaban J connectivity index is 1.45. The summed E-state index contributed by atoms with van der Waals surface area (Å²) in [4.78, 5) is 17.0. The Morgan fingerprint density at radius 2 is 1.93 bits per heavy atom. The van der Waals surface area contributed by atoms with Crippen LogP contribution in [0.25, 0.3) is 11.4 Å². The fraction of sp³-hybridized carbons (Fsp3) is 0.348. The zero-order valence-electron chi connectivity index (χ0n) is 16.6. The summed E-state index contributed by atoms with van der Waals surface area (Å²) in [5.41, 5.74) is 2.75. The SMILES string of the molecule is CC(Oc1ccccc1)C(=O)NCc1cc(-c2ccccn2)n(C2CCCC2)n1. The van der Waals surface area contributed by atoms with Crippen LogP contribution in [0.3, 0.4) is 0 Å². The van der Waals surface area contributed by atoms with Crippen LogP contribution in [-0.4, -0.2) is 26.8 Å². The Hall–Kier alpha value is -3.15. The molecule has 1 saturated carbocycles. The molecular formula is C23H26N4O2. The first-order chi connectivity index (χ1) is 14.2. The summed E-state index contributed by atoms with van der Waals surface area (Å²) in [6.45, 7) is 2.11. The average molecular weight is 390 g/mol.